The van der Waals surface area contributed by atoms with Crippen molar-refractivity contribution in [3.63, 3.8) is 0 Å². The summed E-state index contributed by atoms with van der Waals surface area (Å²) in [5.74, 6) is -0.461. The van der Waals surface area contributed by atoms with Gasteiger partial charge in [0.25, 0.3) is 0 Å². The van der Waals surface area contributed by atoms with Crippen LogP contribution in [0.4, 0.5) is 11.4 Å². The highest BCUT2D eigenvalue weighted by Gasteiger charge is 2.20. The van der Waals surface area contributed by atoms with Crippen molar-refractivity contribution < 1.29 is 9.53 Å². The largest absolute Gasteiger partial charge is 0.465 e. The van der Waals surface area contributed by atoms with Crippen LogP contribution in [0.25, 0.3) is 11.1 Å². The van der Waals surface area contributed by atoms with Gasteiger partial charge >= 0.3 is 5.97 Å². The van der Waals surface area contributed by atoms with Gasteiger partial charge in [0.15, 0.2) is 0 Å². The fourth-order valence-corrected chi connectivity index (χ4v) is 2.82. The first-order valence-electron chi connectivity index (χ1n) is 6.71. The van der Waals surface area contributed by atoms with Crippen molar-refractivity contribution in [2.45, 2.75) is 6.92 Å². The molecule has 0 aromatic heterocycles. The molecule has 2 rings (SSSR count). The maximum atomic E-state index is 12.1. The van der Waals surface area contributed by atoms with Crippen molar-refractivity contribution in [1.29, 1.82) is 0 Å². The lowest BCUT2D eigenvalue weighted by Crippen LogP contribution is -2.03. The average Bonchev–Trinajstić information content (AvgIpc) is 2.60. The van der Waals surface area contributed by atoms with E-state index >= 15 is 0 Å². The van der Waals surface area contributed by atoms with E-state index in [-0.39, 0.29) is 5.02 Å². The second kappa shape index (κ2) is 8.06. The van der Waals surface area contributed by atoms with Gasteiger partial charge in [0.1, 0.15) is 5.69 Å². The molecule has 2 aromatic rings. The Hall–Kier alpha value is -2.20. The van der Waals surface area contributed by atoms with Gasteiger partial charge in [-0.15, -0.1) is 0 Å². The Morgan fingerprint density at radius 2 is 1.75 bits per heavy atom. The first-order chi connectivity index (χ1) is 11.5. The number of isothiocyanates is 2. The lowest BCUT2D eigenvalue weighted by Gasteiger charge is -2.14. The van der Waals surface area contributed by atoms with E-state index in [0.717, 1.165) is 5.56 Å². The molecule has 120 valence electrons. The molecule has 2 aromatic carbocycles. The molecule has 0 aliphatic heterocycles. The molecular weight excluding hydrogens is 364 g/mol. The van der Waals surface area contributed by atoms with E-state index < -0.39 is 5.97 Å². The Morgan fingerprint density at radius 1 is 1.12 bits per heavy atom. The van der Waals surface area contributed by atoms with Crippen LogP contribution in [0.3, 0.4) is 0 Å². The van der Waals surface area contributed by atoms with Crippen LogP contribution < -0.4 is 0 Å². The molecule has 0 heterocycles. The SMILES string of the molecule is COC(=O)c1ccccc1-c1cc(C)c(N=C=S)c(Cl)c1N=C=S. The molecule has 0 spiro atoms. The first-order valence-corrected chi connectivity index (χ1v) is 7.91. The number of ether oxygens (including phenoxy) is 1. The molecule has 0 saturated carbocycles. The lowest BCUT2D eigenvalue weighted by molar-refractivity contribution is 0.0601. The Bertz CT molecular complexity index is 915. The number of hydrogen-bond donors (Lipinski definition) is 0. The highest BCUT2D eigenvalue weighted by Crippen LogP contribution is 2.45. The van der Waals surface area contributed by atoms with Crippen LogP contribution in [-0.2, 0) is 4.74 Å². The summed E-state index contributed by atoms with van der Waals surface area (Å²) >= 11 is 15.8. The number of rotatable bonds is 4. The van der Waals surface area contributed by atoms with Gasteiger partial charge in [0, 0.05) is 5.56 Å². The topological polar surface area (TPSA) is 51.0 Å². The number of hydrogen-bond acceptors (Lipinski definition) is 6. The molecule has 0 radical (unpaired) electrons. The molecule has 0 saturated heterocycles. The third-order valence-corrected chi connectivity index (χ3v) is 3.88. The van der Waals surface area contributed by atoms with Gasteiger partial charge in [-0.2, -0.15) is 9.98 Å². The summed E-state index contributed by atoms with van der Waals surface area (Å²) in [6.45, 7) is 1.83. The van der Waals surface area contributed by atoms with E-state index in [1.165, 1.54) is 7.11 Å². The van der Waals surface area contributed by atoms with Crippen LogP contribution >= 0.6 is 36.0 Å². The number of aryl methyl sites for hydroxylation is 1. The van der Waals surface area contributed by atoms with Crippen LogP contribution in [0.5, 0.6) is 0 Å². The fourth-order valence-electron chi connectivity index (χ4n) is 2.31. The molecular formula is C17H11ClN2O2S2. The van der Waals surface area contributed by atoms with E-state index in [0.29, 0.717) is 28.1 Å². The summed E-state index contributed by atoms with van der Waals surface area (Å²) in [6.07, 6.45) is 0. The van der Waals surface area contributed by atoms with E-state index in [1.807, 2.05) is 13.0 Å². The Balaban J connectivity index is 2.88. The van der Waals surface area contributed by atoms with Crippen molar-refractivity contribution in [2.75, 3.05) is 7.11 Å². The number of esters is 1. The fraction of sp³-hybridized carbons (Fsp3) is 0.118. The van der Waals surface area contributed by atoms with Crippen molar-refractivity contribution in [3.05, 3.63) is 46.5 Å². The minimum Gasteiger partial charge on any atom is -0.465 e. The Morgan fingerprint density at radius 3 is 2.38 bits per heavy atom. The number of methoxy groups -OCH3 is 1. The summed E-state index contributed by atoms with van der Waals surface area (Å²) < 4.78 is 4.84. The zero-order chi connectivity index (χ0) is 17.7. The molecule has 0 atom stereocenters. The number of benzene rings is 2. The second-order valence-electron chi connectivity index (χ2n) is 4.70. The molecule has 24 heavy (non-hydrogen) atoms. The zero-order valence-corrected chi connectivity index (χ0v) is 15.2. The minimum atomic E-state index is -0.461. The quantitative estimate of drug-likeness (QED) is 0.398. The maximum absolute atomic E-state index is 12.1. The molecule has 7 heteroatoms. The van der Waals surface area contributed by atoms with E-state index in [4.69, 9.17) is 28.6 Å². The van der Waals surface area contributed by atoms with Crippen molar-refractivity contribution >= 4 is 63.7 Å². The smallest absolute Gasteiger partial charge is 0.338 e. The van der Waals surface area contributed by atoms with E-state index in [9.17, 15) is 4.79 Å². The van der Waals surface area contributed by atoms with Crippen LogP contribution in [0.1, 0.15) is 15.9 Å². The molecule has 0 aliphatic carbocycles. The number of carbonyl (C=O) groups is 1. The van der Waals surface area contributed by atoms with Gasteiger partial charge in [0.2, 0.25) is 0 Å². The second-order valence-corrected chi connectivity index (χ2v) is 5.44. The normalized spacial score (nSPS) is 9.62. The van der Waals surface area contributed by atoms with Crippen LogP contribution in [0, 0.1) is 6.92 Å². The van der Waals surface area contributed by atoms with Crippen LogP contribution in [0.2, 0.25) is 5.02 Å². The van der Waals surface area contributed by atoms with Gasteiger partial charge in [-0.25, -0.2) is 4.79 Å². The standard InChI is InChI=1S/C17H11ClN2O2S2/c1-10-7-13(11-5-3-4-6-12(11)17(21)22-2)16(20-9-24)14(18)15(10)19-8-23/h3-7H,1-2H3. The molecule has 0 amide bonds. The number of carbonyl (C=O) groups excluding carboxylic acids is 1. The molecule has 0 aliphatic rings. The van der Waals surface area contributed by atoms with Crippen LogP contribution in [0.15, 0.2) is 40.3 Å². The van der Waals surface area contributed by atoms with Crippen molar-refractivity contribution in [2.24, 2.45) is 9.98 Å². The van der Waals surface area contributed by atoms with Crippen molar-refractivity contribution in [3.8, 4) is 11.1 Å². The number of thiocarbonyl (C=S) groups is 2. The number of aliphatic imine (C=N–C) groups is 2. The summed E-state index contributed by atoms with van der Waals surface area (Å²) in [7, 11) is 1.32. The molecule has 0 fully saturated rings. The number of halogens is 1. The zero-order valence-electron chi connectivity index (χ0n) is 12.8. The molecule has 4 nitrogen and oxygen atoms in total. The van der Waals surface area contributed by atoms with Gasteiger partial charge in [0.05, 0.1) is 33.7 Å². The lowest BCUT2D eigenvalue weighted by atomic mass is 9.96. The summed E-state index contributed by atoms with van der Waals surface area (Å²) in [4.78, 5) is 20.1. The highest BCUT2D eigenvalue weighted by atomic mass is 35.5. The maximum Gasteiger partial charge on any atom is 0.338 e. The molecule has 0 bridgehead atoms. The molecule has 0 N–H and O–H groups in total. The van der Waals surface area contributed by atoms with Gasteiger partial charge in [-0.05, 0) is 54.6 Å². The Labute approximate surface area is 154 Å². The third kappa shape index (κ3) is 3.49. The highest BCUT2D eigenvalue weighted by molar-refractivity contribution is 7.78. The minimum absolute atomic E-state index is 0.263. The predicted octanol–water partition coefficient (Wildman–Crippen LogP) is 5.57. The monoisotopic (exact) mass is 374 g/mol. The van der Waals surface area contributed by atoms with Crippen molar-refractivity contribution in [1.82, 2.24) is 0 Å². The molecule has 0 unspecified atom stereocenters. The summed E-state index contributed by atoms with van der Waals surface area (Å²) in [5, 5.41) is 4.86. The number of nitrogens with zero attached hydrogens (tertiary/aromatic N) is 2. The van der Waals surface area contributed by atoms with Gasteiger partial charge in [-0.1, -0.05) is 29.8 Å². The first kappa shape index (κ1) is 18.1. The van der Waals surface area contributed by atoms with Crippen LogP contribution in [-0.4, -0.2) is 23.4 Å². The predicted molar refractivity (Wildman–Crippen MR) is 102 cm³/mol. The Kier molecular flexibility index (Phi) is 6.10. The summed E-state index contributed by atoms with van der Waals surface area (Å²) in [6, 6.07) is 8.81. The summed E-state index contributed by atoms with van der Waals surface area (Å²) in [5.41, 5.74) is 3.21. The van der Waals surface area contributed by atoms with E-state index in [1.54, 1.807) is 24.3 Å². The average molecular weight is 375 g/mol. The van der Waals surface area contributed by atoms with Gasteiger partial charge < -0.3 is 4.74 Å². The third-order valence-electron chi connectivity index (χ3n) is 3.34. The van der Waals surface area contributed by atoms with Gasteiger partial charge in [-0.3, -0.25) is 0 Å². The van der Waals surface area contributed by atoms with E-state index in [2.05, 4.69) is 32.5 Å².